The fourth-order valence-corrected chi connectivity index (χ4v) is 2.45. The van der Waals surface area contributed by atoms with E-state index in [-0.39, 0.29) is 5.56 Å². The third-order valence-corrected chi connectivity index (χ3v) is 3.54. The molecule has 0 fully saturated rings. The van der Waals surface area contributed by atoms with E-state index in [1.807, 2.05) is 12.1 Å². The summed E-state index contributed by atoms with van der Waals surface area (Å²) in [6.45, 7) is -0.402. The molecule has 0 aliphatic heterocycles. The number of nitrogens with zero attached hydrogens (tertiary/aromatic N) is 1. The van der Waals surface area contributed by atoms with Crippen molar-refractivity contribution in [2.75, 3.05) is 0 Å². The molecule has 0 spiro atoms. The fraction of sp³-hybridized carbons (Fsp3) is 0.125. The number of halogens is 3. The van der Waals surface area contributed by atoms with Gasteiger partial charge in [0.25, 0.3) is 5.92 Å². The Labute approximate surface area is 120 Å². The molecule has 0 radical (unpaired) electrons. The largest absolute Gasteiger partial charge is 0.341 e. The van der Waals surface area contributed by atoms with E-state index in [0.717, 1.165) is 5.39 Å². The number of fused-ring (bicyclic) bond motifs is 1. The van der Waals surface area contributed by atoms with Crippen molar-refractivity contribution in [2.24, 2.45) is 0 Å². The molecule has 0 unspecified atom stereocenters. The van der Waals surface area contributed by atoms with E-state index in [0.29, 0.717) is 10.5 Å². The molecule has 1 aromatic heterocycles. The maximum atomic E-state index is 14.3. The predicted molar refractivity (Wildman–Crippen MR) is 77.3 cm³/mol. The lowest BCUT2D eigenvalue weighted by molar-refractivity contribution is -0.0211. The van der Waals surface area contributed by atoms with Crippen LogP contribution in [0.5, 0.6) is 0 Å². The Morgan fingerprint density at radius 2 is 1.75 bits per heavy atom. The first-order chi connectivity index (χ1) is 9.56. The predicted octanol–water partition coefficient (Wildman–Crippen LogP) is 5.09. The maximum Gasteiger partial charge on any atom is 0.290 e. The highest BCUT2D eigenvalue weighted by Crippen LogP contribution is 2.31. The second-order valence-corrected chi connectivity index (χ2v) is 5.15. The molecule has 0 saturated carbocycles. The molecule has 2 aromatic carbocycles. The van der Waals surface area contributed by atoms with E-state index in [1.54, 1.807) is 36.5 Å². The van der Waals surface area contributed by atoms with Crippen molar-refractivity contribution in [3.05, 3.63) is 71.4 Å². The highest BCUT2D eigenvalue weighted by molar-refractivity contribution is 6.31. The first kappa shape index (κ1) is 13.1. The zero-order valence-corrected chi connectivity index (χ0v) is 11.3. The molecule has 20 heavy (non-hydrogen) atoms. The van der Waals surface area contributed by atoms with Crippen LogP contribution in [0.1, 0.15) is 5.56 Å². The lowest BCUT2D eigenvalue weighted by Gasteiger charge is -2.18. The van der Waals surface area contributed by atoms with Gasteiger partial charge in [0.1, 0.15) is 0 Å². The van der Waals surface area contributed by atoms with Gasteiger partial charge in [0.2, 0.25) is 0 Å². The van der Waals surface area contributed by atoms with Crippen molar-refractivity contribution >= 4 is 22.5 Å². The number of alkyl halides is 2. The quantitative estimate of drug-likeness (QED) is 0.633. The molecule has 3 rings (SSSR count). The van der Waals surface area contributed by atoms with Crippen LogP contribution in [0.2, 0.25) is 5.02 Å². The second kappa shape index (κ2) is 4.91. The Kier molecular flexibility index (Phi) is 3.22. The van der Waals surface area contributed by atoms with E-state index < -0.39 is 12.5 Å². The average Bonchev–Trinajstić information content (AvgIpc) is 2.82. The summed E-state index contributed by atoms with van der Waals surface area (Å²) in [5.41, 5.74) is 0.733. The lowest BCUT2D eigenvalue weighted by atomic mass is 10.1. The number of benzene rings is 2. The SMILES string of the molecule is FC(F)(Cn1ccc2ccc(Cl)cc21)c1ccccc1. The van der Waals surface area contributed by atoms with Gasteiger partial charge in [0.05, 0.1) is 6.54 Å². The van der Waals surface area contributed by atoms with Crippen LogP contribution in [-0.4, -0.2) is 4.57 Å². The molecule has 3 aromatic rings. The third-order valence-electron chi connectivity index (χ3n) is 3.30. The van der Waals surface area contributed by atoms with Gasteiger partial charge in [-0.05, 0) is 23.6 Å². The zero-order chi connectivity index (χ0) is 14.2. The van der Waals surface area contributed by atoms with Crippen LogP contribution in [-0.2, 0) is 12.5 Å². The Bertz CT molecular complexity index is 735. The lowest BCUT2D eigenvalue weighted by Crippen LogP contribution is -2.20. The minimum absolute atomic E-state index is 0.0175. The first-order valence-corrected chi connectivity index (χ1v) is 6.62. The summed E-state index contributed by atoms with van der Waals surface area (Å²) >= 11 is 5.93. The van der Waals surface area contributed by atoms with Crippen LogP contribution in [0, 0.1) is 0 Å². The van der Waals surface area contributed by atoms with Crippen molar-refractivity contribution < 1.29 is 8.78 Å². The highest BCUT2D eigenvalue weighted by Gasteiger charge is 2.32. The number of rotatable bonds is 3. The molecule has 0 aliphatic carbocycles. The second-order valence-electron chi connectivity index (χ2n) is 4.72. The minimum atomic E-state index is -2.92. The van der Waals surface area contributed by atoms with Gasteiger partial charge < -0.3 is 4.57 Å². The van der Waals surface area contributed by atoms with Gasteiger partial charge in [-0.25, -0.2) is 0 Å². The molecule has 0 saturated heterocycles. The molecule has 4 heteroatoms. The van der Waals surface area contributed by atoms with E-state index in [2.05, 4.69) is 0 Å². The summed E-state index contributed by atoms with van der Waals surface area (Å²) < 4.78 is 30.1. The third kappa shape index (κ3) is 2.41. The topological polar surface area (TPSA) is 4.93 Å². The Morgan fingerprint density at radius 3 is 2.50 bits per heavy atom. The molecule has 0 aliphatic rings. The molecule has 0 N–H and O–H groups in total. The van der Waals surface area contributed by atoms with Gasteiger partial charge >= 0.3 is 0 Å². The van der Waals surface area contributed by atoms with Crippen molar-refractivity contribution in [3.63, 3.8) is 0 Å². The number of hydrogen-bond acceptors (Lipinski definition) is 0. The van der Waals surface area contributed by atoms with Crippen LogP contribution in [0.4, 0.5) is 8.78 Å². The summed E-state index contributed by atoms with van der Waals surface area (Å²) in [5.74, 6) is -2.92. The van der Waals surface area contributed by atoms with Crippen molar-refractivity contribution in [1.29, 1.82) is 0 Å². The Morgan fingerprint density at radius 1 is 1.00 bits per heavy atom. The first-order valence-electron chi connectivity index (χ1n) is 6.24. The fourth-order valence-electron chi connectivity index (χ4n) is 2.28. The number of aromatic nitrogens is 1. The summed E-state index contributed by atoms with van der Waals surface area (Å²) in [6, 6.07) is 15.0. The molecule has 0 bridgehead atoms. The monoisotopic (exact) mass is 291 g/mol. The van der Waals surface area contributed by atoms with Crippen LogP contribution in [0.15, 0.2) is 60.8 Å². The van der Waals surface area contributed by atoms with E-state index in [4.69, 9.17) is 11.6 Å². The molecular formula is C16H12ClF2N. The van der Waals surface area contributed by atoms with Gasteiger partial charge in [0.15, 0.2) is 0 Å². The van der Waals surface area contributed by atoms with Gasteiger partial charge in [-0.15, -0.1) is 0 Å². The zero-order valence-electron chi connectivity index (χ0n) is 10.6. The van der Waals surface area contributed by atoms with Crippen molar-refractivity contribution in [1.82, 2.24) is 4.57 Å². The van der Waals surface area contributed by atoms with Gasteiger partial charge in [-0.3, -0.25) is 0 Å². The summed E-state index contributed by atoms with van der Waals surface area (Å²) in [6.07, 6.45) is 1.66. The standard InChI is InChI=1S/C16H12ClF2N/c17-14-7-6-12-8-9-20(15(12)10-14)11-16(18,19)13-4-2-1-3-5-13/h1-10H,11H2. The van der Waals surface area contributed by atoms with E-state index >= 15 is 0 Å². The molecule has 1 heterocycles. The van der Waals surface area contributed by atoms with Gasteiger partial charge in [-0.1, -0.05) is 48.0 Å². The van der Waals surface area contributed by atoms with Gasteiger partial charge in [0, 0.05) is 22.3 Å². The highest BCUT2D eigenvalue weighted by atomic mass is 35.5. The average molecular weight is 292 g/mol. The Balaban J connectivity index is 1.99. The van der Waals surface area contributed by atoms with Crippen LogP contribution in [0.25, 0.3) is 10.9 Å². The molecular weight excluding hydrogens is 280 g/mol. The molecule has 1 nitrogen and oxygen atoms in total. The smallest absolute Gasteiger partial charge is 0.290 e. The molecule has 102 valence electrons. The van der Waals surface area contributed by atoms with Crippen LogP contribution >= 0.6 is 11.6 Å². The Hall–Kier alpha value is -1.87. The molecule has 0 atom stereocenters. The maximum absolute atomic E-state index is 14.3. The van der Waals surface area contributed by atoms with E-state index in [1.165, 1.54) is 16.7 Å². The normalized spacial score (nSPS) is 11.9. The minimum Gasteiger partial charge on any atom is -0.341 e. The van der Waals surface area contributed by atoms with E-state index in [9.17, 15) is 8.78 Å². The van der Waals surface area contributed by atoms with Crippen molar-refractivity contribution in [2.45, 2.75) is 12.5 Å². The van der Waals surface area contributed by atoms with Crippen LogP contribution < -0.4 is 0 Å². The number of hydrogen-bond donors (Lipinski definition) is 0. The van der Waals surface area contributed by atoms with Gasteiger partial charge in [-0.2, -0.15) is 8.78 Å². The van der Waals surface area contributed by atoms with Crippen molar-refractivity contribution in [3.8, 4) is 0 Å². The summed E-state index contributed by atoms with van der Waals surface area (Å²) in [4.78, 5) is 0. The van der Waals surface area contributed by atoms with Crippen LogP contribution in [0.3, 0.4) is 0 Å². The summed E-state index contributed by atoms with van der Waals surface area (Å²) in [7, 11) is 0. The summed E-state index contributed by atoms with van der Waals surface area (Å²) in [5, 5.41) is 1.44. The molecule has 0 amide bonds.